The maximum Gasteiger partial charge on any atom is 0.250 e. The van der Waals surface area contributed by atoms with Crippen LogP contribution in [0.2, 0.25) is 0 Å². The van der Waals surface area contributed by atoms with E-state index in [2.05, 4.69) is 29.1 Å². The number of hydrogen-bond acceptors (Lipinski definition) is 6. The van der Waals surface area contributed by atoms with Gasteiger partial charge >= 0.3 is 0 Å². The lowest BCUT2D eigenvalue weighted by Gasteiger charge is -2.28. The average Bonchev–Trinajstić information content (AvgIpc) is 3.32. The standard InChI is InChI=1S/C27H30N4O4.ClH/c1-27(2,31-16-20(32)17-34-24-5-3-4-23-22(24)12-13-29-23)14-18-6-9-21(10-7-18)35-25-11-8-19(15-30-25)26(28)33;/h3-13,15,20,29,31-32H,14,16-17H2,1-2H3,(H2,28,33);1H. The van der Waals surface area contributed by atoms with E-state index >= 15 is 0 Å². The van der Waals surface area contributed by atoms with Crippen LogP contribution in [0.5, 0.6) is 17.4 Å². The molecule has 0 fully saturated rings. The smallest absolute Gasteiger partial charge is 0.250 e. The Balaban J connectivity index is 0.00000361. The minimum Gasteiger partial charge on any atom is -0.490 e. The summed E-state index contributed by atoms with van der Waals surface area (Å²) in [6.45, 7) is 4.80. The van der Waals surface area contributed by atoms with Crippen molar-refractivity contribution < 1.29 is 19.4 Å². The van der Waals surface area contributed by atoms with Crippen LogP contribution in [0, 0.1) is 0 Å². The zero-order chi connectivity index (χ0) is 24.8. The zero-order valence-corrected chi connectivity index (χ0v) is 21.0. The fraction of sp³-hybridized carbons (Fsp3) is 0.259. The van der Waals surface area contributed by atoms with E-state index in [1.54, 1.807) is 12.1 Å². The molecular formula is C27H31ClN4O4. The number of rotatable bonds is 11. The number of pyridine rings is 1. The number of β-amino-alcohol motifs (C(OH)–C–C–N with tert-alkyl or cyclic N) is 1. The number of ether oxygens (including phenoxy) is 2. The fourth-order valence-corrected chi connectivity index (χ4v) is 3.78. The van der Waals surface area contributed by atoms with E-state index in [-0.39, 0.29) is 24.6 Å². The van der Waals surface area contributed by atoms with Crippen molar-refractivity contribution in [3.05, 3.63) is 84.2 Å². The van der Waals surface area contributed by atoms with Gasteiger partial charge in [0.1, 0.15) is 24.2 Å². The highest BCUT2D eigenvalue weighted by molar-refractivity contribution is 5.92. The first-order valence-electron chi connectivity index (χ1n) is 11.4. The van der Waals surface area contributed by atoms with Crippen LogP contribution in [-0.2, 0) is 6.42 Å². The van der Waals surface area contributed by atoms with Gasteiger partial charge in [0.15, 0.2) is 0 Å². The molecule has 36 heavy (non-hydrogen) atoms. The number of primary amides is 1. The Bertz CT molecular complexity index is 1270. The second-order valence-electron chi connectivity index (χ2n) is 9.10. The lowest BCUT2D eigenvalue weighted by atomic mass is 9.94. The summed E-state index contributed by atoms with van der Waals surface area (Å²) in [7, 11) is 0. The number of nitrogens with one attached hydrogen (secondary N) is 2. The minimum atomic E-state index is -0.646. The van der Waals surface area contributed by atoms with Crippen molar-refractivity contribution in [2.75, 3.05) is 13.2 Å². The summed E-state index contributed by atoms with van der Waals surface area (Å²) in [4.78, 5) is 18.4. The number of benzene rings is 2. The second-order valence-corrected chi connectivity index (χ2v) is 9.10. The number of aromatic nitrogens is 2. The van der Waals surface area contributed by atoms with Gasteiger partial charge in [-0.15, -0.1) is 12.4 Å². The van der Waals surface area contributed by atoms with E-state index in [9.17, 15) is 9.90 Å². The molecule has 0 spiro atoms. The molecule has 0 aliphatic heterocycles. The molecule has 4 aromatic rings. The molecule has 2 aromatic heterocycles. The van der Waals surface area contributed by atoms with E-state index < -0.39 is 12.0 Å². The monoisotopic (exact) mass is 510 g/mol. The molecule has 4 rings (SSSR count). The summed E-state index contributed by atoms with van der Waals surface area (Å²) in [5, 5.41) is 14.9. The molecule has 0 saturated heterocycles. The van der Waals surface area contributed by atoms with Crippen molar-refractivity contribution in [1.82, 2.24) is 15.3 Å². The molecule has 8 nitrogen and oxygen atoms in total. The predicted molar refractivity (Wildman–Crippen MR) is 142 cm³/mol. The van der Waals surface area contributed by atoms with Crippen LogP contribution in [-0.4, -0.2) is 45.8 Å². The van der Waals surface area contributed by atoms with Crippen LogP contribution in [0.15, 0.2) is 73.1 Å². The molecule has 9 heteroatoms. The molecule has 1 unspecified atom stereocenters. The number of aliphatic hydroxyl groups excluding tert-OH is 1. The molecule has 0 radical (unpaired) electrons. The lowest BCUT2D eigenvalue weighted by molar-refractivity contribution is 0.0995. The normalized spacial score (nSPS) is 12.1. The van der Waals surface area contributed by atoms with Crippen molar-refractivity contribution in [3.63, 3.8) is 0 Å². The first kappa shape index (κ1) is 27.0. The number of amides is 1. The number of nitrogens with zero attached hydrogens (tertiary/aromatic N) is 1. The summed E-state index contributed by atoms with van der Waals surface area (Å²) >= 11 is 0. The highest BCUT2D eigenvalue weighted by Gasteiger charge is 2.20. The Hall–Kier alpha value is -3.59. The van der Waals surface area contributed by atoms with Gasteiger partial charge in [0.05, 0.1) is 5.56 Å². The third-order valence-corrected chi connectivity index (χ3v) is 5.62. The molecule has 5 N–H and O–H groups in total. The predicted octanol–water partition coefficient (Wildman–Crippen LogP) is 4.23. The van der Waals surface area contributed by atoms with Crippen molar-refractivity contribution in [2.45, 2.75) is 31.9 Å². The Morgan fingerprint density at radius 2 is 1.92 bits per heavy atom. The highest BCUT2D eigenvalue weighted by Crippen LogP contribution is 2.25. The quantitative estimate of drug-likeness (QED) is 0.239. The van der Waals surface area contributed by atoms with Gasteiger partial charge in [-0.05, 0) is 62.2 Å². The molecule has 0 saturated carbocycles. The maximum atomic E-state index is 11.1. The van der Waals surface area contributed by atoms with E-state index in [0.717, 1.165) is 28.6 Å². The number of aliphatic hydroxyl groups is 1. The van der Waals surface area contributed by atoms with Gasteiger partial charge in [-0.1, -0.05) is 18.2 Å². The van der Waals surface area contributed by atoms with Crippen molar-refractivity contribution in [2.24, 2.45) is 5.73 Å². The van der Waals surface area contributed by atoms with Gasteiger partial charge < -0.3 is 30.6 Å². The molecule has 190 valence electrons. The minimum absolute atomic E-state index is 0. The first-order valence-corrected chi connectivity index (χ1v) is 11.4. The zero-order valence-electron chi connectivity index (χ0n) is 20.2. The average molecular weight is 511 g/mol. The molecule has 0 aliphatic carbocycles. The first-order chi connectivity index (χ1) is 16.8. The number of carbonyl (C=O) groups excluding carboxylic acids is 1. The van der Waals surface area contributed by atoms with Crippen molar-refractivity contribution >= 4 is 29.2 Å². The van der Waals surface area contributed by atoms with Crippen LogP contribution in [0.3, 0.4) is 0 Å². The Morgan fingerprint density at radius 1 is 1.14 bits per heavy atom. The number of carbonyl (C=O) groups is 1. The van der Waals surface area contributed by atoms with Gasteiger partial charge in [0.25, 0.3) is 0 Å². The second kappa shape index (κ2) is 11.9. The number of nitrogens with two attached hydrogens (primary N) is 1. The third kappa shape index (κ3) is 7.21. The Morgan fingerprint density at radius 3 is 2.61 bits per heavy atom. The van der Waals surface area contributed by atoms with Crippen LogP contribution < -0.4 is 20.5 Å². The Labute approximate surface area is 216 Å². The van der Waals surface area contributed by atoms with Crippen molar-refractivity contribution in [1.29, 1.82) is 0 Å². The highest BCUT2D eigenvalue weighted by atomic mass is 35.5. The van der Waals surface area contributed by atoms with E-state index in [1.807, 2.05) is 54.7 Å². The van der Waals surface area contributed by atoms with Gasteiger partial charge in [-0.3, -0.25) is 4.79 Å². The number of H-pyrrole nitrogens is 1. The number of hydrogen-bond donors (Lipinski definition) is 4. The van der Waals surface area contributed by atoms with E-state index in [4.69, 9.17) is 15.2 Å². The van der Waals surface area contributed by atoms with Crippen LogP contribution >= 0.6 is 12.4 Å². The maximum absolute atomic E-state index is 11.1. The van der Waals surface area contributed by atoms with Crippen LogP contribution in [0.25, 0.3) is 10.9 Å². The van der Waals surface area contributed by atoms with Crippen LogP contribution in [0.1, 0.15) is 29.8 Å². The molecule has 2 heterocycles. The molecule has 1 atom stereocenters. The fourth-order valence-electron chi connectivity index (χ4n) is 3.78. The summed E-state index contributed by atoms with van der Waals surface area (Å²) in [5.74, 6) is 1.25. The number of halogens is 1. The summed E-state index contributed by atoms with van der Waals surface area (Å²) in [6.07, 6.45) is 3.37. The van der Waals surface area contributed by atoms with Gasteiger partial charge in [-0.25, -0.2) is 4.98 Å². The van der Waals surface area contributed by atoms with Crippen LogP contribution in [0.4, 0.5) is 0 Å². The van der Waals surface area contributed by atoms with Gasteiger partial charge in [-0.2, -0.15) is 0 Å². The van der Waals surface area contributed by atoms with E-state index in [0.29, 0.717) is 23.7 Å². The third-order valence-electron chi connectivity index (χ3n) is 5.62. The van der Waals surface area contributed by atoms with E-state index in [1.165, 1.54) is 6.20 Å². The molecule has 0 bridgehead atoms. The molecule has 0 aliphatic rings. The summed E-state index contributed by atoms with van der Waals surface area (Å²) < 4.78 is 11.6. The molecular weight excluding hydrogens is 480 g/mol. The largest absolute Gasteiger partial charge is 0.490 e. The molecule has 2 aromatic carbocycles. The van der Waals surface area contributed by atoms with Crippen molar-refractivity contribution in [3.8, 4) is 17.4 Å². The van der Waals surface area contributed by atoms with Gasteiger partial charge in [0.2, 0.25) is 11.8 Å². The van der Waals surface area contributed by atoms with Gasteiger partial charge in [0, 0.05) is 41.4 Å². The Kier molecular flexibility index (Phi) is 8.93. The molecule has 1 amide bonds. The SMILES string of the molecule is CC(C)(Cc1ccc(Oc2ccc(C(N)=O)cn2)cc1)NCC(O)COc1cccc2[nH]ccc12.Cl. The number of fused-ring (bicyclic) bond motifs is 1. The topological polar surface area (TPSA) is 122 Å². The summed E-state index contributed by atoms with van der Waals surface area (Å²) in [6, 6.07) is 18.7. The summed E-state index contributed by atoms with van der Waals surface area (Å²) in [5.41, 5.74) is 7.45. The number of aromatic amines is 1. The lowest BCUT2D eigenvalue weighted by Crippen LogP contribution is -2.46.